The first kappa shape index (κ1) is 14.8. The predicted octanol–water partition coefficient (Wildman–Crippen LogP) is 2.80. The van der Waals surface area contributed by atoms with E-state index in [9.17, 15) is 4.79 Å². The van der Waals surface area contributed by atoms with Crippen molar-refractivity contribution in [3.05, 3.63) is 0 Å². The Kier molecular flexibility index (Phi) is 5.68. The van der Waals surface area contributed by atoms with Gasteiger partial charge in [-0.3, -0.25) is 4.79 Å². The first-order chi connectivity index (χ1) is 9.24. The second kappa shape index (κ2) is 7.28. The van der Waals surface area contributed by atoms with Crippen LogP contribution in [0.5, 0.6) is 0 Å². The Hall–Kier alpha value is -0.570. The van der Waals surface area contributed by atoms with Gasteiger partial charge >= 0.3 is 0 Å². The van der Waals surface area contributed by atoms with Gasteiger partial charge in [0.1, 0.15) is 0 Å². The minimum absolute atomic E-state index is 0.398. The second-order valence-corrected chi connectivity index (χ2v) is 6.36. The molecule has 110 valence electrons. The zero-order valence-corrected chi connectivity index (χ0v) is 12.7. The Bertz CT molecular complexity index is 292. The fraction of sp³-hybridized carbons (Fsp3) is 0.938. The van der Waals surface area contributed by atoms with E-state index in [1.54, 1.807) is 0 Å². The van der Waals surface area contributed by atoms with Gasteiger partial charge in [-0.25, -0.2) is 0 Å². The summed E-state index contributed by atoms with van der Waals surface area (Å²) in [5.41, 5.74) is 0. The van der Waals surface area contributed by atoms with Crippen molar-refractivity contribution in [2.45, 2.75) is 64.3 Å². The molecule has 0 aromatic carbocycles. The van der Waals surface area contributed by atoms with Crippen LogP contribution in [0, 0.1) is 11.8 Å². The molecule has 3 heteroatoms. The van der Waals surface area contributed by atoms with E-state index >= 15 is 0 Å². The van der Waals surface area contributed by atoms with E-state index < -0.39 is 0 Å². The summed E-state index contributed by atoms with van der Waals surface area (Å²) >= 11 is 0. The van der Waals surface area contributed by atoms with Gasteiger partial charge in [0.2, 0.25) is 5.91 Å². The molecule has 0 radical (unpaired) electrons. The van der Waals surface area contributed by atoms with Crippen LogP contribution in [0.1, 0.15) is 58.3 Å². The lowest BCUT2D eigenvalue weighted by molar-refractivity contribution is -0.130. The third-order valence-electron chi connectivity index (χ3n) is 5.30. The summed E-state index contributed by atoms with van der Waals surface area (Å²) in [5, 5.41) is 3.44. The van der Waals surface area contributed by atoms with Crippen molar-refractivity contribution in [3.63, 3.8) is 0 Å². The van der Waals surface area contributed by atoms with Gasteiger partial charge in [0, 0.05) is 25.6 Å². The van der Waals surface area contributed by atoms with Gasteiger partial charge in [-0.1, -0.05) is 19.8 Å². The molecule has 1 saturated carbocycles. The molecular weight excluding hydrogens is 236 g/mol. The number of nitrogens with one attached hydrogen (secondary N) is 1. The molecular formula is C16H30N2O. The molecule has 3 atom stereocenters. The normalized spacial score (nSPS) is 32.6. The SMILES string of the molecule is CCC1CCC(=O)N(CCC2CCCC2NC)CC1. The molecule has 1 amide bonds. The van der Waals surface area contributed by atoms with Crippen molar-refractivity contribution in [3.8, 4) is 0 Å². The Labute approximate surface area is 118 Å². The number of amides is 1. The molecule has 0 bridgehead atoms. The highest BCUT2D eigenvalue weighted by molar-refractivity contribution is 5.76. The lowest BCUT2D eigenvalue weighted by Crippen LogP contribution is -2.35. The maximum Gasteiger partial charge on any atom is 0.222 e. The van der Waals surface area contributed by atoms with Crippen LogP contribution in [0.15, 0.2) is 0 Å². The second-order valence-electron chi connectivity index (χ2n) is 6.36. The quantitative estimate of drug-likeness (QED) is 0.830. The molecule has 1 N–H and O–H groups in total. The van der Waals surface area contributed by atoms with Crippen molar-refractivity contribution in [2.24, 2.45) is 11.8 Å². The molecule has 1 heterocycles. The van der Waals surface area contributed by atoms with Gasteiger partial charge < -0.3 is 10.2 Å². The number of carbonyl (C=O) groups excluding carboxylic acids is 1. The van der Waals surface area contributed by atoms with E-state index in [-0.39, 0.29) is 0 Å². The molecule has 19 heavy (non-hydrogen) atoms. The van der Waals surface area contributed by atoms with E-state index in [1.165, 1.54) is 38.5 Å². The van der Waals surface area contributed by atoms with Crippen LogP contribution in [-0.2, 0) is 4.79 Å². The summed E-state index contributed by atoms with van der Waals surface area (Å²) in [5.74, 6) is 1.95. The van der Waals surface area contributed by atoms with Gasteiger partial charge in [0.05, 0.1) is 0 Å². The summed E-state index contributed by atoms with van der Waals surface area (Å²) in [6.07, 6.45) is 9.51. The van der Waals surface area contributed by atoms with Crippen LogP contribution in [0.25, 0.3) is 0 Å². The largest absolute Gasteiger partial charge is 0.343 e. The summed E-state index contributed by atoms with van der Waals surface area (Å²) in [6, 6.07) is 0.686. The van der Waals surface area contributed by atoms with Crippen LogP contribution < -0.4 is 5.32 Å². The highest BCUT2D eigenvalue weighted by atomic mass is 16.2. The van der Waals surface area contributed by atoms with E-state index in [2.05, 4.69) is 24.2 Å². The molecule has 0 aromatic heterocycles. The predicted molar refractivity (Wildman–Crippen MR) is 79.0 cm³/mol. The van der Waals surface area contributed by atoms with Crippen molar-refractivity contribution < 1.29 is 4.79 Å². The Morgan fingerprint density at radius 1 is 1.26 bits per heavy atom. The first-order valence-electron chi connectivity index (χ1n) is 8.19. The van der Waals surface area contributed by atoms with Gasteiger partial charge in [0.25, 0.3) is 0 Å². The van der Waals surface area contributed by atoms with E-state index in [4.69, 9.17) is 0 Å². The highest BCUT2D eigenvalue weighted by Crippen LogP contribution is 2.29. The van der Waals surface area contributed by atoms with Gasteiger partial charge in [-0.2, -0.15) is 0 Å². The molecule has 1 saturated heterocycles. The van der Waals surface area contributed by atoms with Gasteiger partial charge in [-0.05, 0) is 51.0 Å². The maximum atomic E-state index is 12.1. The number of hydrogen-bond donors (Lipinski definition) is 1. The fourth-order valence-electron chi connectivity index (χ4n) is 3.82. The van der Waals surface area contributed by atoms with Crippen molar-refractivity contribution in [1.82, 2.24) is 10.2 Å². The Morgan fingerprint density at radius 2 is 2.11 bits per heavy atom. The Balaban J connectivity index is 1.79. The zero-order valence-electron chi connectivity index (χ0n) is 12.7. The number of carbonyl (C=O) groups is 1. The molecule has 0 spiro atoms. The molecule has 1 aliphatic carbocycles. The summed E-state index contributed by atoms with van der Waals surface area (Å²) < 4.78 is 0. The average molecular weight is 266 g/mol. The van der Waals surface area contributed by atoms with Crippen LogP contribution in [0.2, 0.25) is 0 Å². The van der Waals surface area contributed by atoms with E-state index in [0.29, 0.717) is 11.9 Å². The van der Waals surface area contributed by atoms with Crippen molar-refractivity contribution in [1.29, 1.82) is 0 Å². The summed E-state index contributed by atoms with van der Waals surface area (Å²) in [6.45, 7) is 4.23. The topological polar surface area (TPSA) is 32.3 Å². The summed E-state index contributed by atoms with van der Waals surface area (Å²) in [4.78, 5) is 14.3. The highest BCUT2D eigenvalue weighted by Gasteiger charge is 2.27. The monoisotopic (exact) mass is 266 g/mol. The van der Waals surface area contributed by atoms with Crippen molar-refractivity contribution >= 4 is 5.91 Å². The smallest absolute Gasteiger partial charge is 0.222 e. The van der Waals surface area contributed by atoms with E-state index in [0.717, 1.165) is 37.8 Å². The number of nitrogens with zero attached hydrogens (tertiary/aromatic N) is 1. The number of likely N-dealkylation sites (tertiary alicyclic amines) is 1. The lowest BCUT2D eigenvalue weighted by atomic mass is 9.98. The minimum Gasteiger partial charge on any atom is -0.343 e. The van der Waals surface area contributed by atoms with Gasteiger partial charge in [0.15, 0.2) is 0 Å². The average Bonchev–Trinajstić information content (AvgIpc) is 2.81. The van der Waals surface area contributed by atoms with Crippen LogP contribution in [-0.4, -0.2) is 37.0 Å². The Morgan fingerprint density at radius 3 is 2.84 bits per heavy atom. The minimum atomic E-state index is 0.398. The third kappa shape index (κ3) is 3.95. The molecule has 1 aliphatic heterocycles. The number of hydrogen-bond acceptors (Lipinski definition) is 2. The van der Waals surface area contributed by atoms with Crippen LogP contribution >= 0.6 is 0 Å². The maximum absolute atomic E-state index is 12.1. The first-order valence-corrected chi connectivity index (χ1v) is 8.19. The summed E-state index contributed by atoms with van der Waals surface area (Å²) in [7, 11) is 2.08. The molecule has 2 rings (SSSR count). The molecule has 3 nitrogen and oxygen atoms in total. The third-order valence-corrected chi connectivity index (χ3v) is 5.30. The lowest BCUT2D eigenvalue weighted by Gasteiger charge is -2.25. The standard InChI is InChI=1S/C16H30N2O/c1-3-13-7-8-16(19)18(11-9-13)12-10-14-5-4-6-15(14)17-2/h13-15,17H,3-12H2,1-2H3. The molecule has 3 unspecified atom stereocenters. The van der Waals surface area contributed by atoms with Crippen molar-refractivity contribution in [2.75, 3.05) is 20.1 Å². The molecule has 2 fully saturated rings. The fourth-order valence-corrected chi connectivity index (χ4v) is 3.82. The molecule has 2 aliphatic rings. The molecule has 0 aromatic rings. The zero-order chi connectivity index (χ0) is 13.7. The number of rotatable bonds is 5. The van der Waals surface area contributed by atoms with Gasteiger partial charge in [-0.15, -0.1) is 0 Å². The van der Waals surface area contributed by atoms with E-state index in [1.807, 2.05) is 0 Å². The van der Waals surface area contributed by atoms with Crippen LogP contribution in [0.3, 0.4) is 0 Å². The van der Waals surface area contributed by atoms with Crippen LogP contribution in [0.4, 0.5) is 0 Å².